The molecular formula is C22H20O6S. The van der Waals surface area contributed by atoms with E-state index in [0.717, 1.165) is 15.5 Å². The molecule has 0 spiro atoms. The summed E-state index contributed by atoms with van der Waals surface area (Å²) in [4.78, 5) is 35.6. The van der Waals surface area contributed by atoms with E-state index in [2.05, 4.69) is 6.58 Å². The zero-order chi connectivity index (χ0) is 20.8. The maximum atomic E-state index is 12.6. The second kappa shape index (κ2) is 9.34. The van der Waals surface area contributed by atoms with Crippen LogP contribution in [0, 0.1) is 0 Å². The fourth-order valence-electron chi connectivity index (χ4n) is 2.80. The minimum atomic E-state index is -0.826. The second-order valence-electron chi connectivity index (χ2n) is 6.38. The van der Waals surface area contributed by atoms with E-state index in [9.17, 15) is 14.4 Å². The summed E-state index contributed by atoms with van der Waals surface area (Å²) in [7, 11) is 0. The van der Waals surface area contributed by atoms with Crippen molar-refractivity contribution in [2.75, 3.05) is 6.61 Å². The van der Waals surface area contributed by atoms with Crippen LogP contribution in [0.5, 0.6) is 5.75 Å². The summed E-state index contributed by atoms with van der Waals surface area (Å²) < 4.78 is 16.9. The van der Waals surface area contributed by atoms with Gasteiger partial charge < -0.3 is 14.2 Å². The molecule has 0 aliphatic heterocycles. The highest BCUT2D eigenvalue weighted by atomic mass is 32.1. The topological polar surface area (TPSA) is 78.9 Å². The molecule has 150 valence electrons. The number of carbonyl (C=O) groups excluding carboxylic acids is 2. The van der Waals surface area contributed by atoms with Crippen molar-refractivity contribution in [1.82, 2.24) is 0 Å². The molecule has 0 fully saturated rings. The largest absolute Gasteiger partial charge is 0.513 e. The molecule has 3 rings (SSSR count). The Hall–Kier alpha value is -3.19. The van der Waals surface area contributed by atoms with E-state index < -0.39 is 12.1 Å². The van der Waals surface area contributed by atoms with Gasteiger partial charge in [-0.25, -0.2) is 9.59 Å². The lowest BCUT2D eigenvalue weighted by molar-refractivity contribution is -0.142. The number of fused-ring (bicyclic) bond motifs is 2. The van der Waals surface area contributed by atoms with Gasteiger partial charge in [-0.2, -0.15) is 0 Å². The van der Waals surface area contributed by atoms with Crippen molar-refractivity contribution in [3.8, 4) is 5.75 Å². The Morgan fingerprint density at radius 1 is 1.14 bits per heavy atom. The Morgan fingerprint density at radius 2 is 1.90 bits per heavy atom. The Bertz CT molecular complexity index is 1120. The van der Waals surface area contributed by atoms with E-state index in [-0.39, 0.29) is 18.1 Å². The molecule has 6 nitrogen and oxygen atoms in total. The summed E-state index contributed by atoms with van der Waals surface area (Å²) in [5.41, 5.74) is -0.0465. The Labute approximate surface area is 171 Å². The lowest BCUT2D eigenvalue weighted by atomic mass is 10.2. The number of esters is 1. The quantitative estimate of drug-likeness (QED) is 0.182. The molecule has 1 atom stereocenters. The monoisotopic (exact) mass is 412 g/mol. The van der Waals surface area contributed by atoms with Gasteiger partial charge in [0.25, 0.3) is 0 Å². The third-order valence-electron chi connectivity index (χ3n) is 4.21. The molecule has 2 aromatic carbocycles. The molecule has 0 bridgehead atoms. The molecule has 1 heterocycles. The summed E-state index contributed by atoms with van der Waals surface area (Å²) in [6.45, 7) is 5.23. The van der Waals surface area contributed by atoms with Gasteiger partial charge in [0.15, 0.2) is 5.43 Å². The smallest absolute Gasteiger partial charge is 0.460 e. The minimum absolute atomic E-state index is 0.0465. The van der Waals surface area contributed by atoms with Gasteiger partial charge in [0.2, 0.25) is 0 Å². The zero-order valence-corrected chi connectivity index (χ0v) is 16.7. The van der Waals surface area contributed by atoms with Gasteiger partial charge in [-0.1, -0.05) is 18.7 Å². The molecule has 0 saturated heterocycles. The summed E-state index contributed by atoms with van der Waals surface area (Å²) in [6.07, 6.45) is 1.05. The van der Waals surface area contributed by atoms with Gasteiger partial charge in [-0.05, 0) is 50.1 Å². The standard InChI is InChI=1S/C22H20O6S/c1-3-20(23)27-14(2)7-6-12-26-22(25)28-15-10-11-17-19(13-15)29-18-9-5-4-8-16(18)21(17)24/h3-5,8-11,13-14H,1,6-7,12H2,2H3. The van der Waals surface area contributed by atoms with Crippen LogP contribution in [-0.2, 0) is 14.3 Å². The molecule has 3 aromatic rings. The van der Waals surface area contributed by atoms with Crippen molar-refractivity contribution in [2.45, 2.75) is 25.9 Å². The first kappa shape index (κ1) is 20.5. The van der Waals surface area contributed by atoms with E-state index in [1.165, 1.54) is 11.3 Å². The highest BCUT2D eigenvalue weighted by Gasteiger charge is 2.11. The van der Waals surface area contributed by atoms with Gasteiger partial charge in [0, 0.05) is 26.2 Å². The minimum Gasteiger partial charge on any atom is -0.460 e. The third-order valence-corrected chi connectivity index (χ3v) is 5.34. The number of benzene rings is 2. The van der Waals surface area contributed by atoms with Crippen molar-refractivity contribution >= 4 is 43.6 Å². The normalized spacial score (nSPS) is 11.8. The molecular weight excluding hydrogens is 392 g/mol. The maximum absolute atomic E-state index is 12.6. The molecule has 29 heavy (non-hydrogen) atoms. The average molecular weight is 412 g/mol. The lowest BCUT2D eigenvalue weighted by Gasteiger charge is -2.11. The molecule has 0 amide bonds. The first-order chi connectivity index (χ1) is 14.0. The van der Waals surface area contributed by atoms with Crippen LogP contribution in [-0.4, -0.2) is 24.8 Å². The van der Waals surface area contributed by atoms with E-state index in [1.54, 1.807) is 31.2 Å². The van der Waals surface area contributed by atoms with Gasteiger partial charge >= 0.3 is 12.1 Å². The second-order valence-corrected chi connectivity index (χ2v) is 7.46. The lowest BCUT2D eigenvalue weighted by Crippen LogP contribution is -2.15. The van der Waals surface area contributed by atoms with E-state index in [1.807, 2.05) is 18.2 Å². The van der Waals surface area contributed by atoms with Crippen LogP contribution in [0.15, 0.2) is 59.9 Å². The fraction of sp³-hybridized carbons (Fsp3) is 0.227. The van der Waals surface area contributed by atoms with Crippen molar-refractivity contribution in [2.24, 2.45) is 0 Å². The molecule has 7 heteroatoms. The molecule has 0 saturated carbocycles. The van der Waals surface area contributed by atoms with E-state index in [4.69, 9.17) is 14.2 Å². The Kier molecular flexibility index (Phi) is 6.61. The number of rotatable bonds is 7. The zero-order valence-electron chi connectivity index (χ0n) is 15.9. The van der Waals surface area contributed by atoms with E-state index in [0.29, 0.717) is 29.4 Å². The summed E-state index contributed by atoms with van der Waals surface area (Å²) in [5, 5.41) is 1.25. The van der Waals surface area contributed by atoms with Crippen LogP contribution in [0.4, 0.5) is 4.79 Å². The fourth-order valence-corrected chi connectivity index (χ4v) is 3.90. The maximum Gasteiger partial charge on any atom is 0.513 e. The average Bonchev–Trinajstić information content (AvgIpc) is 2.71. The summed E-state index contributed by atoms with van der Waals surface area (Å²) in [6, 6.07) is 12.3. The van der Waals surface area contributed by atoms with Crippen LogP contribution < -0.4 is 10.2 Å². The molecule has 0 aliphatic rings. The van der Waals surface area contributed by atoms with Crippen LogP contribution in [0.25, 0.3) is 20.2 Å². The van der Waals surface area contributed by atoms with Crippen LogP contribution in [0.2, 0.25) is 0 Å². The SMILES string of the molecule is C=CC(=O)OC(C)CCCOC(=O)Oc1ccc2c(=O)c3ccccc3sc2c1. The van der Waals surface area contributed by atoms with Crippen molar-refractivity contribution in [1.29, 1.82) is 0 Å². The van der Waals surface area contributed by atoms with Crippen LogP contribution >= 0.6 is 11.3 Å². The highest BCUT2D eigenvalue weighted by Crippen LogP contribution is 2.27. The van der Waals surface area contributed by atoms with Crippen molar-refractivity contribution < 1.29 is 23.8 Å². The highest BCUT2D eigenvalue weighted by molar-refractivity contribution is 7.24. The van der Waals surface area contributed by atoms with Gasteiger partial charge in [0.05, 0.1) is 12.7 Å². The van der Waals surface area contributed by atoms with Crippen LogP contribution in [0.1, 0.15) is 19.8 Å². The third kappa shape index (κ3) is 5.20. The first-order valence-electron chi connectivity index (χ1n) is 9.11. The molecule has 1 unspecified atom stereocenters. The Balaban J connectivity index is 1.58. The summed E-state index contributed by atoms with van der Waals surface area (Å²) in [5.74, 6) is -0.175. The van der Waals surface area contributed by atoms with Crippen molar-refractivity contribution in [3.63, 3.8) is 0 Å². The van der Waals surface area contributed by atoms with Gasteiger partial charge in [-0.3, -0.25) is 4.79 Å². The number of hydrogen-bond donors (Lipinski definition) is 0. The number of carbonyl (C=O) groups is 2. The molecule has 1 aromatic heterocycles. The van der Waals surface area contributed by atoms with E-state index >= 15 is 0 Å². The number of ether oxygens (including phenoxy) is 3. The molecule has 0 N–H and O–H groups in total. The summed E-state index contributed by atoms with van der Waals surface area (Å²) >= 11 is 1.46. The first-order valence-corrected chi connectivity index (χ1v) is 9.93. The van der Waals surface area contributed by atoms with Crippen molar-refractivity contribution in [3.05, 3.63) is 65.3 Å². The molecule has 0 aliphatic carbocycles. The predicted molar refractivity (Wildman–Crippen MR) is 113 cm³/mol. The van der Waals surface area contributed by atoms with Gasteiger partial charge in [-0.15, -0.1) is 11.3 Å². The number of hydrogen-bond acceptors (Lipinski definition) is 7. The Morgan fingerprint density at radius 3 is 2.69 bits per heavy atom. The predicted octanol–water partition coefficient (Wildman–Crippen LogP) is 4.83. The van der Waals surface area contributed by atoms with Crippen LogP contribution in [0.3, 0.4) is 0 Å². The molecule has 0 radical (unpaired) electrons. The van der Waals surface area contributed by atoms with Gasteiger partial charge in [0.1, 0.15) is 5.75 Å².